The highest BCUT2D eigenvalue weighted by molar-refractivity contribution is 9.10. The molecule has 0 spiro atoms. The highest BCUT2D eigenvalue weighted by Gasteiger charge is 2.07. The van der Waals surface area contributed by atoms with Crippen molar-refractivity contribution in [3.63, 3.8) is 0 Å². The van der Waals surface area contributed by atoms with E-state index in [9.17, 15) is 0 Å². The maximum absolute atomic E-state index is 6.15. The van der Waals surface area contributed by atoms with Gasteiger partial charge in [-0.1, -0.05) is 27.5 Å². The third-order valence-corrected chi connectivity index (χ3v) is 3.32. The number of halogens is 2. The monoisotopic (exact) mass is 356 g/mol. The summed E-state index contributed by atoms with van der Waals surface area (Å²) in [6.45, 7) is 0.344. The molecule has 2 aromatic rings. The van der Waals surface area contributed by atoms with E-state index in [0.717, 1.165) is 10.2 Å². The van der Waals surface area contributed by atoms with E-state index in [1.54, 1.807) is 20.2 Å². The van der Waals surface area contributed by atoms with Crippen LogP contribution >= 0.6 is 27.5 Å². The van der Waals surface area contributed by atoms with Crippen LogP contribution in [0.15, 0.2) is 28.7 Å². The van der Waals surface area contributed by atoms with Crippen molar-refractivity contribution in [1.29, 1.82) is 0 Å². The Kier molecular flexibility index (Phi) is 5.17. The quantitative estimate of drug-likeness (QED) is 0.852. The minimum atomic E-state index is 0.344. The molecule has 0 saturated carbocycles. The smallest absolute Gasteiger partial charge is 0.158 e. The lowest BCUT2D eigenvalue weighted by Gasteiger charge is -2.11. The zero-order valence-corrected chi connectivity index (χ0v) is 13.4. The van der Waals surface area contributed by atoms with Crippen molar-refractivity contribution in [3.05, 3.63) is 39.6 Å². The first-order valence-corrected chi connectivity index (χ1v) is 7.06. The molecule has 0 amide bonds. The fourth-order valence-electron chi connectivity index (χ4n) is 1.61. The summed E-state index contributed by atoms with van der Waals surface area (Å²) >= 11 is 9.57. The predicted octanol–water partition coefficient (Wildman–Crippen LogP) is 3.82. The Labute approximate surface area is 130 Å². The maximum atomic E-state index is 6.15. The first kappa shape index (κ1) is 15.0. The van der Waals surface area contributed by atoms with Gasteiger partial charge < -0.3 is 15.4 Å². The van der Waals surface area contributed by atoms with Crippen molar-refractivity contribution in [2.45, 2.75) is 6.61 Å². The number of benzene rings is 1. The van der Waals surface area contributed by atoms with Crippen molar-refractivity contribution in [2.75, 3.05) is 24.8 Å². The number of nitrogens with zero attached hydrogens (tertiary/aromatic N) is 2. The van der Waals surface area contributed by atoms with Crippen molar-refractivity contribution < 1.29 is 4.74 Å². The van der Waals surface area contributed by atoms with E-state index < -0.39 is 0 Å². The molecule has 1 aromatic carbocycles. The van der Waals surface area contributed by atoms with Crippen LogP contribution in [0.2, 0.25) is 5.02 Å². The predicted molar refractivity (Wildman–Crippen MR) is 84.7 cm³/mol. The Bertz CT molecular complexity index is 609. The van der Waals surface area contributed by atoms with Crippen LogP contribution in [0.5, 0.6) is 0 Å². The lowest BCUT2D eigenvalue weighted by Crippen LogP contribution is -2.04. The molecule has 0 aliphatic heterocycles. The second-order valence-electron chi connectivity index (χ2n) is 3.99. The van der Waals surface area contributed by atoms with E-state index in [0.29, 0.717) is 29.1 Å². The lowest BCUT2D eigenvalue weighted by atomic mass is 10.3. The topological polar surface area (TPSA) is 59.1 Å². The van der Waals surface area contributed by atoms with Crippen molar-refractivity contribution in [3.8, 4) is 0 Å². The molecule has 0 unspecified atom stereocenters. The van der Waals surface area contributed by atoms with Crippen LogP contribution in [0.3, 0.4) is 0 Å². The number of hydrogen-bond donors (Lipinski definition) is 2. The van der Waals surface area contributed by atoms with Gasteiger partial charge in [0.25, 0.3) is 0 Å². The van der Waals surface area contributed by atoms with Gasteiger partial charge in [0.05, 0.1) is 10.7 Å². The van der Waals surface area contributed by atoms with Gasteiger partial charge in [-0.15, -0.1) is 0 Å². The van der Waals surface area contributed by atoms with E-state index in [1.807, 2.05) is 18.2 Å². The SMILES string of the molecule is CNc1cc(Nc2cc(Br)ccc2Cl)nc(COC)n1. The third-order valence-electron chi connectivity index (χ3n) is 2.49. The summed E-state index contributed by atoms with van der Waals surface area (Å²) in [5.41, 5.74) is 0.769. The van der Waals surface area contributed by atoms with Crippen LogP contribution in [-0.2, 0) is 11.3 Å². The van der Waals surface area contributed by atoms with Crippen LogP contribution in [-0.4, -0.2) is 24.1 Å². The number of aromatic nitrogens is 2. The summed E-state index contributed by atoms with van der Waals surface area (Å²) in [4.78, 5) is 8.67. The second kappa shape index (κ2) is 6.88. The lowest BCUT2D eigenvalue weighted by molar-refractivity contribution is 0.178. The van der Waals surface area contributed by atoms with Crippen LogP contribution in [0.25, 0.3) is 0 Å². The maximum Gasteiger partial charge on any atom is 0.158 e. The fourth-order valence-corrected chi connectivity index (χ4v) is 2.14. The van der Waals surface area contributed by atoms with E-state index in [2.05, 4.69) is 36.5 Å². The molecule has 106 valence electrons. The number of rotatable bonds is 5. The van der Waals surface area contributed by atoms with Gasteiger partial charge in [-0.05, 0) is 18.2 Å². The molecule has 0 aliphatic carbocycles. The molecule has 0 radical (unpaired) electrons. The molecule has 7 heteroatoms. The minimum absolute atomic E-state index is 0.344. The molecule has 20 heavy (non-hydrogen) atoms. The molecule has 0 bridgehead atoms. The van der Waals surface area contributed by atoms with Crippen LogP contribution in [0, 0.1) is 0 Å². The van der Waals surface area contributed by atoms with Crippen LogP contribution in [0.1, 0.15) is 5.82 Å². The van der Waals surface area contributed by atoms with Gasteiger partial charge in [0, 0.05) is 24.7 Å². The Morgan fingerprint density at radius 3 is 2.70 bits per heavy atom. The van der Waals surface area contributed by atoms with Gasteiger partial charge in [-0.2, -0.15) is 0 Å². The zero-order valence-electron chi connectivity index (χ0n) is 11.1. The Hall–Kier alpha value is -1.37. The molecule has 2 rings (SSSR count). The molecule has 0 atom stereocenters. The van der Waals surface area contributed by atoms with Gasteiger partial charge in [0.1, 0.15) is 18.2 Å². The standard InChI is InChI=1S/C13H14BrClN4O/c1-16-11-6-12(19-13(18-11)7-20-2)17-10-5-8(14)3-4-9(10)15/h3-6H,7H2,1-2H3,(H2,16,17,18,19). The molecule has 1 heterocycles. The van der Waals surface area contributed by atoms with Crippen LogP contribution < -0.4 is 10.6 Å². The summed E-state index contributed by atoms with van der Waals surface area (Å²) in [6, 6.07) is 7.38. The molecule has 0 fully saturated rings. The summed E-state index contributed by atoms with van der Waals surface area (Å²) in [5, 5.41) is 6.78. The first-order valence-electron chi connectivity index (χ1n) is 5.89. The molecule has 1 aromatic heterocycles. The van der Waals surface area contributed by atoms with E-state index in [1.165, 1.54) is 0 Å². The highest BCUT2D eigenvalue weighted by atomic mass is 79.9. The van der Waals surface area contributed by atoms with E-state index in [-0.39, 0.29) is 0 Å². The van der Waals surface area contributed by atoms with Gasteiger partial charge in [0.2, 0.25) is 0 Å². The normalized spacial score (nSPS) is 10.4. The fraction of sp³-hybridized carbons (Fsp3) is 0.231. The Balaban J connectivity index is 2.32. The summed E-state index contributed by atoms with van der Waals surface area (Å²) in [5.74, 6) is 1.95. The Morgan fingerprint density at radius 1 is 1.25 bits per heavy atom. The van der Waals surface area contributed by atoms with Crippen molar-refractivity contribution in [1.82, 2.24) is 9.97 Å². The number of nitrogens with one attached hydrogen (secondary N) is 2. The van der Waals surface area contributed by atoms with Gasteiger partial charge >= 0.3 is 0 Å². The number of ether oxygens (including phenoxy) is 1. The van der Waals surface area contributed by atoms with E-state index in [4.69, 9.17) is 16.3 Å². The van der Waals surface area contributed by atoms with Crippen LogP contribution in [0.4, 0.5) is 17.3 Å². The summed E-state index contributed by atoms with van der Waals surface area (Å²) in [7, 11) is 3.41. The largest absolute Gasteiger partial charge is 0.377 e. The number of anilines is 3. The van der Waals surface area contributed by atoms with Gasteiger partial charge in [0.15, 0.2) is 5.82 Å². The number of methoxy groups -OCH3 is 1. The molecule has 0 saturated heterocycles. The van der Waals surface area contributed by atoms with Gasteiger partial charge in [-0.25, -0.2) is 9.97 Å². The molecule has 0 aliphatic rings. The average Bonchev–Trinajstić information content (AvgIpc) is 2.43. The molecular weight excluding hydrogens is 344 g/mol. The van der Waals surface area contributed by atoms with Crippen molar-refractivity contribution >= 4 is 44.9 Å². The molecule has 2 N–H and O–H groups in total. The molecular formula is C13H14BrClN4O. The third kappa shape index (κ3) is 3.82. The first-order chi connectivity index (χ1) is 9.62. The summed E-state index contributed by atoms with van der Waals surface area (Å²) in [6.07, 6.45) is 0. The van der Waals surface area contributed by atoms with Gasteiger partial charge in [-0.3, -0.25) is 0 Å². The summed E-state index contributed by atoms with van der Waals surface area (Å²) < 4.78 is 6.00. The van der Waals surface area contributed by atoms with E-state index >= 15 is 0 Å². The Morgan fingerprint density at radius 2 is 2.00 bits per heavy atom. The highest BCUT2D eigenvalue weighted by Crippen LogP contribution is 2.28. The average molecular weight is 358 g/mol. The second-order valence-corrected chi connectivity index (χ2v) is 5.31. The van der Waals surface area contributed by atoms with Crippen molar-refractivity contribution in [2.24, 2.45) is 0 Å². The minimum Gasteiger partial charge on any atom is -0.377 e. The number of hydrogen-bond acceptors (Lipinski definition) is 5. The molecule has 5 nitrogen and oxygen atoms in total. The zero-order chi connectivity index (χ0) is 14.5.